The number of carbonyl (C=O) groups is 2. The van der Waals surface area contributed by atoms with Gasteiger partial charge in [0.2, 0.25) is 0 Å². The topological polar surface area (TPSA) is 81.7 Å². The monoisotopic (exact) mass is 487 g/mol. The molecule has 0 bridgehead atoms. The van der Waals surface area contributed by atoms with Gasteiger partial charge in [-0.2, -0.15) is 5.92 Å². The molecule has 2 saturated carbocycles. The van der Waals surface area contributed by atoms with E-state index in [4.69, 9.17) is 9.47 Å². The van der Waals surface area contributed by atoms with E-state index in [0.29, 0.717) is 6.42 Å². The fraction of sp³-hybridized carbons (Fsp3) is 0.737. The van der Waals surface area contributed by atoms with Crippen molar-refractivity contribution in [3.63, 3.8) is 0 Å². The van der Waals surface area contributed by atoms with Gasteiger partial charge in [0.15, 0.2) is 5.41 Å². The summed E-state index contributed by atoms with van der Waals surface area (Å²) < 4.78 is 25.3. The van der Waals surface area contributed by atoms with Crippen molar-refractivity contribution in [2.75, 3.05) is 14.2 Å². The molecule has 2 aliphatic rings. The van der Waals surface area contributed by atoms with E-state index in [9.17, 15) is 13.8 Å². The Morgan fingerprint density at radius 3 is 2.26 bits per heavy atom. The van der Waals surface area contributed by atoms with Gasteiger partial charge in [-0.05, 0) is 52.0 Å². The van der Waals surface area contributed by atoms with Crippen LogP contribution in [0.2, 0.25) is 0 Å². The van der Waals surface area contributed by atoms with Crippen LogP contribution in [0.25, 0.3) is 0 Å². The van der Waals surface area contributed by atoms with Gasteiger partial charge in [-0.1, -0.05) is 12.0 Å². The van der Waals surface area contributed by atoms with Crippen molar-refractivity contribution >= 4 is 22.9 Å². The number of hydrogen-bond acceptors (Lipinski definition) is 5. The number of nitrogens with one attached hydrogen (secondary N) is 1. The van der Waals surface area contributed by atoms with Crippen LogP contribution in [-0.4, -0.2) is 41.2 Å². The number of carbonyl (C=O) groups excluding carboxylic acids is 2. The van der Waals surface area contributed by atoms with Gasteiger partial charge >= 0.3 is 31.4 Å². The molecular formula is C19H30NO5RhS+. The molecule has 8 heteroatoms. The molecule has 0 aromatic carbocycles. The number of methoxy groups -OCH3 is 2. The molecule has 2 fully saturated rings. The molecule has 3 atom stereocenters. The third-order valence-corrected chi connectivity index (χ3v) is 6.83. The van der Waals surface area contributed by atoms with Crippen LogP contribution in [0.3, 0.4) is 0 Å². The zero-order valence-corrected chi connectivity index (χ0v) is 19.1. The van der Waals surface area contributed by atoms with Crippen LogP contribution in [0.4, 0.5) is 0 Å². The van der Waals surface area contributed by atoms with Crippen LogP contribution in [-0.2, 0) is 49.5 Å². The van der Waals surface area contributed by atoms with E-state index in [1.807, 2.05) is 20.8 Å². The molecule has 2 aliphatic carbocycles. The summed E-state index contributed by atoms with van der Waals surface area (Å²) in [7, 11) is 1.33. The van der Waals surface area contributed by atoms with E-state index in [0.717, 1.165) is 30.4 Å². The second-order valence-electron chi connectivity index (χ2n) is 8.11. The SMILES string of the molecule is [CH2-]C1C/C(=C2\CCCC2NS(=O)C(C)(C)C)C(C(=O)OC)(C(=O)OC)C1.[Rh+2]. The summed E-state index contributed by atoms with van der Waals surface area (Å²) in [6.45, 7) is 9.81. The zero-order chi connectivity index (χ0) is 19.7. The minimum absolute atomic E-state index is 0. The minimum Gasteiger partial charge on any atom is -0.468 e. The number of rotatable bonds is 4. The van der Waals surface area contributed by atoms with Crippen LogP contribution in [0.1, 0.15) is 52.9 Å². The Hall–Kier alpha value is -0.587. The van der Waals surface area contributed by atoms with E-state index in [1.165, 1.54) is 14.2 Å². The Morgan fingerprint density at radius 1 is 1.22 bits per heavy atom. The van der Waals surface area contributed by atoms with E-state index < -0.39 is 33.1 Å². The van der Waals surface area contributed by atoms with Crippen LogP contribution >= 0.6 is 0 Å². The first-order chi connectivity index (χ1) is 12.1. The smallest absolute Gasteiger partial charge is 0.468 e. The predicted molar refractivity (Wildman–Crippen MR) is 100 cm³/mol. The molecule has 0 amide bonds. The van der Waals surface area contributed by atoms with E-state index in [1.54, 1.807) is 0 Å². The van der Waals surface area contributed by atoms with Gasteiger partial charge in [0, 0.05) is 6.04 Å². The Bertz CT molecular complexity index is 625. The van der Waals surface area contributed by atoms with E-state index in [2.05, 4.69) is 11.6 Å². The molecule has 0 aromatic rings. The number of ether oxygens (including phenoxy) is 2. The summed E-state index contributed by atoms with van der Waals surface area (Å²) in [5, 5.41) is 0. The summed E-state index contributed by atoms with van der Waals surface area (Å²) in [6.07, 6.45) is 3.32. The number of esters is 2. The quantitative estimate of drug-likeness (QED) is 0.217. The van der Waals surface area contributed by atoms with Gasteiger partial charge in [0.1, 0.15) is 0 Å². The average Bonchev–Trinajstić information content (AvgIpc) is 3.16. The molecule has 155 valence electrons. The fourth-order valence-corrected chi connectivity index (χ4v) is 4.86. The third kappa shape index (κ3) is 4.71. The second kappa shape index (κ2) is 9.27. The molecule has 3 unspecified atom stereocenters. The van der Waals surface area contributed by atoms with Crippen molar-refractivity contribution in [2.24, 2.45) is 11.3 Å². The second-order valence-corrected chi connectivity index (χ2v) is 10.1. The van der Waals surface area contributed by atoms with Gasteiger partial charge in [-0.15, -0.1) is 0 Å². The van der Waals surface area contributed by atoms with Crippen molar-refractivity contribution in [1.29, 1.82) is 0 Å². The molecule has 6 nitrogen and oxygen atoms in total. The summed E-state index contributed by atoms with van der Waals surface area (Å²) in [5.74, 6) is -1.27. The van der Waals surface area contributed by atoms with Crippen molar-refractivity contribution < 1.29 is 42.7 Å². The largest absolute Gasteiger partial charge is 2.00 e. The molecule has 0 aromatic heterocycles. The van der Waals surface area contributed by atoms with Gasteiger partial charge < -0.3 is 16.4 Å². The molecule has 0 aliphatic heterocycles. The van der Waals surface area contributed by atoms with Crippen molar-refractivity contribution in [2.45, 2.75) is 63.7 Å². The van der Waals surface area contributed by atoms with Crippen molar-refractivity contribution in [3.05, 3.63) is 18.1 Å². The first-order valence-electron chi connectivity index (χ1n) is 8.98. The van der Waals surface area contributed by atoms with E-state index >= 15 is 0 Å². The maximum atomic E-state index is 12.7. The Morgan fingerprint density at radius 2 is 1.78 bits per heavy atom. The standard InChI is InChI=1S/C19H30NO5S.Rh/c1-12-10-14(19(11-12,16(21)24-5)17(22)25-6)13-8-7-9-15(13)20-26(23)18(2,3)4;/h12,15,20H,1,7-11H2,2-6H3;/q-1;+2/b14-13-;. The first kappa shape index (κ1) is 24.5. The molecule has 1 N–H and O–H groups in total. The third-order valence-electron chi connectivity index (χ3n) is 5.22. The minimum atomic E-state index is -1.43. The van der Waals surface area contributed by atoms with Gasteiger partial charge in [0.05, 0.1) is 30.0 Å². The molecule has 0 spiro atoms. The number of hydrogen-bond donors (Lipinski definition) is 1. The molecule has 2 rings (SSSR count). The van der Waals surface area contributed by atoms with Crippen molar-refractivity contribution in [1.82, 2.24) is 4.72 Å². The predicted octanol–water partition coefficient (Wildman–Crippen LogP) is 2.46. The maximum absolute atomic E-state index is 12.7. The van der Waals surface area contributed by atoms with Crippen LogP contribution < -0.4 is 4.72 Å². The zero-order valence-electron chi connectivity index (χ0n) is 16.7. The molecule has 0 heterocycles. The Kier molecular flexibility index (Phi) is 8.40. The fourth-order valence-electron chi connectivity index (χ4n) is 3.98. The summed E-state index contributed by atoms with van der Waals surface area (Å²) in [5.41, 5.74) is 0.306. The Balaban J connectivity index is 0.00000364. The van der Waals surface area contributed by atoms with E-state index in [-0.39, 0.29) is 37.9 Å². The molecular weight excluding hydrogens is 457 g/mol. The normalized spacial score (nSPS) is 28.4. The van der Waals surface area contributed by atoms with Crippen molar-refractivity contribution in [3.8, 4) is 0 Å². The van der Waals surface area contributed by atoms with Gasteiger partial charge in [-0.25, -0.2) is 8.93 Å². The molecule has 1 radical (unpaired) electrons. The van der Waals surface area contributed by atoms with Gasteiger partial charge in [-0.3, -0.25) is 9.59 Å². The summed E-state index contributed by atoms with van der Waals surface area (Å²) in [6, 6.07) is -0.121. The first-order valence-corrected chi connectivity index (χ1v) is 10.1. The Labute approximate surface area is 177 Å². The van der Waals surface area contributed by atoms with Gasteiger partial charge in [0.25, 0.3) is 0 Å². The maximum Gasteiger partial charge on any atom is 2.00 e. The van der Waals surface area contributed by atoms with Crippen LogP contribution in [0.15, 0.2) is 11.1 Å². The summed E-state index contributed by atoms with van der Waals surface area (Å²) >= 11 is 0. The summed E-state index contributed by atoms with van der Waals surface area (Å²) in [4.78, 5) is 25.3. The molecule has 0 saturated heterocycles. The molecule has 27 heavy (non-hydrogen) atoms. The van der Waals surface area contributed by atoms with Crippen LogP contribution in [0, 0.1) is 18.3 Å². The average molecular weight is 487 g/mol. The van der Waals surface area contributed by atoms with Crippen LogP contribution in [0.5, 0.6) is 0 Å².